The Morgan fingerprint density at radius 2 is 2.00 bits per heavy atom. The Morgan fingerprint density at radius 3 is 2.63 bits per heavy atom. The molecule has 1 heterocycles. The van der Waals surface area contributed by atoms with Crippen molar-refractivity contribution in [3.8, 4) is 0 Å². The predicted molar refractivity (Wildman–Crippen MR) is 71.0 cm³/mol. The number of hydrogen-bond donors (Lipinski definition) is 1. The number of piperidine rings is 1. The van der Waals surface area contributed by atoms with E-state index in [9.17, 15) is 9.59 Å². The molecule has 0 aromatic heterocycles. The van der Waals surface area contributed by atoms with E-state index >= 15 is 0 Å². The highest BCUT2D eigenvalue weighted by atomic mass is 16.6. The molecule has 108 valence electrons. The Bertz CT molecular complexity index is 340. The fourth-order valence-electron chi connectivity index (χ4n) is 2.34. The van der Waals surface area contributed by atoms with Gasteiger partial charge >= 0.3 is 0 Å². The first kappa shape index (κ1) is 14.3. The van der Waals surface area contributed by atoms with Crippen molar-refractivity contribution < 1.29 is 14.4 Å². The average molecular weight is 268 g/mol. The summed E-state index contributed by atoms with van der Waals surface area (Å²) in [6.07, 6.45) is 3.78. The molecule has 2 amide bonds. The lowest BCUT2D eigenvalue weighted by atomic mass is 9.97. The second-order valence-electron chi connectivity index (χ2n) is 6.07. The third-order valence-corrected chi connectivity index (χ3v) is 3.62. The molecule has 1 saturated heterocycles. The molecule has 1 atom stereocenters. The molecule has 0 bridgehead atoms. The van der Waals surface area contributed by atoms with Gasteiger partial charge in [0.1, 0.15) is 0 Å². The molecule has 5 nitrogen and oxygen atoms in total. The molecule has 0 radical (unpaired) electrons. The smallest absolute Gasteiger partial charge is 0.248 e. The molecule has 0 aromatic rings. The Labute approximate surface area is 114 Å². The zero-order valence-corrected chi connectivity index (χ0v) is 11.9. The van der Waals surface area contributed by atoms with E-state index in [1.165, 1.54) is 0 Å². The summed E-state index contributed by atoms with van der Waals surface area (Å²) in [6.45, 7) is 5.92. The van der Waals surface area contributed by atoms with Crippen molar-refractivity contribution in [1.29, 1.82) is 0 Å². The van der Waals surface area contributed by atoms with Gasteiger partial charge in [-0.3, -0.25) is 14.4 Å². The van der Waals surface area contributed by atoms with Gasteiger partial charge in [-0.1, -0.05) is 13.8 Å². The van der Waals surface area contributed by atoms with Crippen LogP contribution in [-0.4, -0.2) is 36.4 Å². The van der Waals surface area contributed by atoms with Crippen LogP contribution in [0.15, 0.2) is 0 Å². The van der Waals surface area contributed by atoms with Crippen molar-refractivity contribution in [2.24, 2.45) is 17.8 Å². The first-order valence-electron chi connectivity index (χ1n) is 7.28. The molecule has 5 heteroatoms. The Balaban J connectivity index is 1.76. The molecule has 2 fully saturated rings. The highest BCUT2D eigenvalue weighted by molar-refractivity contribution is 5.83. The van der Waals surface area contributed by atoms with Gasteiger partial charge in [0.15, 0.2) is 0 Å². The number of carbonyl (C=O) groups excluding carboxylic acids is 2. The Hall–Kier alpha value is -1.10. The van der Waals surface area contributed by atoms with Crippen molar-refractivity contribution in [2.45, 2.75) is 39.5 Å². The quantitative estimate of drug-likeness (QED) is 0.765. The van der Waals surface area contributed by atoms with Crippen LogP contribution in [0.25, 0.3) is 0 Å². The van der Waals surface area contributed by atoms with Gasteiger partial charge in [0.2, 0.25) is 11.8 Å². The fraction of sp³-hybridized carbons (Fsp3) is 0.857. The second-order valence-corrected chi connectivity index (χ2v) is 6.07. The number of hydrogen-bond acceptors (Lipinski definition) is 3. The molecule has 1 N–H and O–H groups in total. The van der Waals surface area contributed by atoms with E-state index in [1.54, 1.807) is 0 Å². The number of carbonyl (C=O) groups is 2. The van der Waals surface area contributed by atoms with E-state index in [-0.39, 0.29) is 23.7 Å². The van der Waals surface area contributed by atoms with Gasteiger partial charge < -0.3 is 4.90 Å². The van der Waals surface area contributed by atoms with Crippen LogP contribution >= 0.6 is 0 Å². The van der Waals surface area contributed by atoms with Crippen LogP contribution in [0.5, 0.6) is 0 Å². The van der Waals surface area contributed by atoms with Crippen molar-refractivity contribution in [2.75, 3.05) is 19.7 Å². The highest BCUT2D eigenvalue weighted by Gasteiger charge is 2.36. The van der Waals surface area contributed by atoms with Crippen LogP contribution in [0.2, 0.25) is 0 Å². The standard InChI is InChI=1S/C14H24N2O3/c1-10(2)9-19-15-13(17)12-4-3-7-16(8-12)14(18)11-5-6-11/h10-12H,3-9H2,1-2H3,(H,15,17). The zero-order valence-electron chi connectivity index (χ0n) is 11.9. The lowest BCUT2D eigenvalue weighted by Gasteiger charge is -2.32. The van der Waals surface area contributed by atoms with E-state index in [2.05, 4.69) is 5.48 Å². The van der Waals surface area contributed by atoms with Crippen molar-refractivity contribution >= 4 is 11.8 Å². The molecule has 0 spiro atoms. The van der Waals surface area contributed by atoms with Crippen LogP contribution < -0.4 is 5.48 Å². The summed E-state index contributed by atoms with van der Waals surface area (Å²) in [5.41, 5.74) is 2.51. The number of hydroxylamine groups is 1. The number of nitrogens with one attached hydrogen (secondary N) is 1. The maximum absolute atomic E-state index is 12.0. The van der Waals surface area contributed by atoms with Gasteiger partial charge in [-0.05, 0) is 31.6 Å². The summed E-state index contributed by atoms with van der Waals surface area (Å²) in [4.78, 5) is 31.0. The van der Waals surface area contributed by atoms with Crippen molar-refractivity contribution in [3.05, 3.63) is 0 Å². The average Bonchev–Trinajstić information content (AvgIpc) is 3.22. The molecule has 1 unspecified atom stereocenters. The zero-order chi connectivity index (χ0) is 13.8. The van der Waals surface area contributed by atoms with Crippen LogP contribution in [0, 0.1) is 17.8 Å². The largest absolute Gasteiger partial charge is 0.342 e. The van der Waals surface area contributed by atoms with E-state index < -0.39 is 0 Å². The first-order valence-corrected chi connectivity index (χ1v) is 7.28. The predicted octanol–water partition coefficient (Wildman–Crippen LogP) is 1.34. The number of likely N-dealkylation sites (tertiary alicyclic amines) is 1. The second kappa shape index (κ2) is 6.37. The highest BCUT2D eigenvalue weighted by Crippen LogP contribution is 2.32. The molecule has 1 aliphatic carbocycles. The number of nitrogens with zero attached hydrogens (tertiary/aromatic N) is 1. The molecule has 1 saturated carbocycles. The minimum Gasteiger partial charge on any atom is -0.342 e. The summed E-state index contributed by atoms with van der Waals surface area (Å²) in [5, 5.41) is 0. The normalized spacial score (nSPS) is 23.5. The first-order chi connectivity index (χ1) is 9.08. The SMILES string of the molecule is CC(C)CONC(=O)C1CCCN(C(=O)C2CC2)C1. The van der Waals surface area contributed by atoms with Gasteiger partial charge in [-0.15, -0.1) is 0 Å². The maximum Gasteiger partial charge on any atom is 0.248 e. The van der Waals surface area contributed by atoms with Gasteiger partial charge in [0.05, 0.1) is 12.5 Å². The molecule has 2 aliphatic rings. The number of rotatable bonds is 5. The fourth-order valence-corrected chi connectivity index (χ4v) is 2.34. The third kappa shape index (κ3) is 4.20. The summed E-state index contributed by atoms with van der Waals surface area (Å²) in [5.74, 6) is 0.650. The topological polar surface area (TPSA) is 58.6 Å². The molecule has 19 heavy (non-hydrogen) atoms. The molecular formula is C14H24N2O3. The number of amides is 2. The van der Waals surface area contributed by atoms with Crippen LogP contribution in [0.1, 0.15) is 39.5 Å². The summed E-state index contributed by atoms with van der Waals surface area (Å²) >= 11 is 0. The minimum atomic E-state index is -0.122. The Kier molecular flexibility index (Phi) is 4.80. The Morgan fingerprint density at radius 1 is 1.26 bits per heavy atom. The van der Waals surface area contributed by atoms with Gasteiger partial charge in [-0.25, -0.2) is 5.48 Å². The van der Waals surface area contributed by atoms with E-state index in [4.69, 9.17) is 4.84 Å². The molecule has 1 aliphatic heterocycles. The maximum atomic E-state index is 12.0. The molecule has 2 rings (SSSR count). The monoisotopic (exact) mass is 268 g/mol. The lowest BCUT2D eigenvalue weighted by molar-refractivity contribution is -0.143. The minimum absolute atomic E-state index is 0.0889. The van der Waals surface area contributed by atoms with Gasteiger partial charge in [0, 0.05) is 19.0 Å². The summed E-state index contributed by atoms with van der Waals surface area (Å²) in [6, 6.07) is 0. The van der Waals surface area contributed by atoms with Crippen molar-refractivity contribution in [3.63, 3.8) is 0 Å². The third-order valence-electron chi connectivity index (χ3n) is 3.62. The van der Waals surface area contributed by atoms with E-state index in [0.717, 1.165) is 32.2 Å². The lowest BCUT2D eigenvalue weighted by Crippen LogP contribution is -2.46. The van der Waals surface area contributed by atoms with Crippen LogP contribution in [0.3, 0.4) is 0 Å². The van der Waals surface area contributed by atoms with Gasteiger partial charge in [0.25, 0.3) is 0 Å². The van der Waals surface area contributed by atoms with Crippen molar-refractivity contribution in [1.82, 2.24) is 10.4 Å². The van der Waals surface area contributed by atoms with E-state index in [0.29, 0.717) is 19.1 Å². The van der Waals surface area contributed by atoms with Crippen LogP contribution in [0.4, 0.5) is 0 Å². The molecular weight excluding hydrogens is 244 g/mol. The van der Waals surface area contributed by atoms with E-state index in [1.807, 2.05) is 18.7 Å². The van der Waals surface area contributed by atoms with Crippen LogP contribution in [-0.2, 0) is 14.4 Å². The summed E-state index contributed by atoms with van der Waals surface area (Å²) < 4.78 is 0. The van der Waals surface area contributed by atoms with Gasteiger partial charge in [-0.2, -0.15) is 0 Å². The summed E-state index contributed by atoms with van der Waals surface area (Å²) in [7, 11) is 0. The molecule has 0 aromatic carbocycles.